The molecule has 3 aromatic heterocycles. The van der Waals surface area contributed by atoms with Gasteiger partial charge in [-0.15, -0.1) is 0 Å². The third-order valence-electron chi connectivity index (χ3n) is 3.67. The van der Waals surface area contributed by atoms with Crippen LogP contribution in [0, 0.1) is 0 Å². The minimum atomic E-state index is 0.998. The molecule has 0 radical (unpaired) electrons. The summed E-state index contributed by atoms with van der Waals surface area (Å²) in [4.78, 5) is 6.99. The molecule has 4 aromatic rings. The number of pyridine rings is 1. The second-order valence-corrected chi connectivity index (χ2v) is 6.72. The van der Waals surface area contributed by atoms with Crippen molar-refractivity contribution in [1.29, 1.82) is 0 Å². The first kappa shape index (κ1) is 10.1. The van der Waals surface area contributed by atoms with Crippen LogP contribution in [0.4, 0.5) is 0 Å². The molecule has 0 spiro atoms. The molecule has 0 aliphatic carbocycles. The van der Waals surface area contributed by atoms with Crippen molar-refractivity contribution in [2.24, 2.45) is 0 Å². The summed E-state index contributed by atoms with van der Waals surface area (Å²) in [7, 11) is 0. The fraction of sp³-hybridized carbons (Fsp3) is 0.0667. The first-order chi connectivity index (χ1) is 9.42. The molecular formula is C15H9N2S2+. The number of benzene rings is 1. The minimum Gasteiger partial charge on any atom is -0.245 e. The van der Waals surface area contributed by atoms with E-state index < -0.39 is 0 Å². The highest BCUT2D eigenvalue weighted by Gasteiger charge is 2.33. The average Bonchev–Trinajstić information content (AvgIpc) is 3.07. The normalized spacial score (nSPS) is 13.1. The Morgan fingerprint density at radius 2 is 2.00 bits per heavy atom. The smallest absolute Gasteiger partial charge is 0.245 e. The van der Waals surface area contributed by atoms with Gasteiger partial charge in [0.1, 0.15) is 9.53 Å². The lowest BCUT2D eigenvalue weighted by molar-refractivity contribution is -0.639. The fourth-order valence-electron chi connectivity index (χ4n) is 2.80. The van der Waals surface area contributed by atoms with Crippen LogP contribution in [0.3, 0.4) is 0 Å². The monoisotopic (exact) mass is 281 g/mol. The van der Waals surface area contributed by atoms with Crippen molar-refractivity contribution in [2.45, 2.75) is 6.54 Å². The van der Waals surface area contributed by atoms with Crippen LogP contribution in [-0.4, -0.2) is 4.98 Å². The molecule has 0 saturated heterocycles. The van der Waals surface area contributed by atoms with E-state index >= 15 is 0 Å². The van der Waals surface area contributed by atoms with Crippen molar-refractivity contribution in [3.63, 3.8) is 0 Å². The number of hydrogen-bond acceptors (Lipinski definition) is 3. The van der Waals surface area contributed by atoms with E-state index in [1.54, 1.807) is 11.3 Å². The number of aromatic nitrogens is 2. The number of rotatable bonds is 0. The van der Waals surface area contributed by atoms with Gasteiger partial charge in [0, 0.05) is 17.1 Å². The van der Waals surface area contributed by atoms with Gasteiger partial charge in [0.05, 0.1) is 5.56 Å². The Balaban J connectivity index is 1.93. The predicted molar refractivity (Wildman–Crippen MR) is 79.7 cm³/mol. The predicted octanol–water partition coefficient (Wildman–Crippen LogP) is 3.83. The lowest BCUT2D eigenvalue weighted by Gasteiger charge is -1.89. The highest BCUT2D eigenvalue weighted by Crippen LogP contribution is 2.41. The Morgan fingerprint density at radius 1 is 1.05 bits per heavy atom. The molecular weight excluding hydrogens is 272 g/mol. The lowest BCUT2D eigenvalue weighted by Crippen LogP contribution is -2.29. The van der Waals surface area contributed by atoms with Crippen LogP contribution in [0.15, 0.2) is 42.6 Å². The summed E-state index contributed by atoms with van der Waals surface area (Å²) in [5.41, 5.74) is 2.83. The quantitative estimate of drug-likeness (QED) is 0.394. The zero-order valence-electron chi connectivity index (χ0n) is 9.96. The Kier molecular flexibility index (Phi) is 1.80. The van der Waals surface area contributed by atoms with Gasteiger partial charge in [0.2, 0.25) is 0 Å². The van der Waals surface area contributed by atoms with E-state index in [2.05, 4.69) is 39.9 Å². The van der Waals surface area contributed by atoms with Crippen molar-refractivity contribution in [1.82, 2.24) is 4.98 Å². The van der Waals surface area contributed by atoms with E-state index in [1.165, 1.54) is 31.1 Å². The first-order valence-corrected chi connectivity index (χ1v) is 7.83. The summed E-state index contributed by atoms with van der Waals surface area (Å²) in [5, 5.41) is 2.69. The summed E-state index contributed by atoms with van der Waals surface area (Å²) >= 11 is 3.71. The number of thiazole rings is 1. The summed E-state index contributed by atoms with van der Waals surface area (Å²) in [6.07, 6.45) is 1.88. The highest BCUT2D eigenvalue weighted by molar-refractivity contribution is 7.32. The maximum absolute atomic E-state index is 4.48. The van der Waals surface area contributed by atoms with Crippen LogP contribution >= 0.6 is 22.7 Å². The molecule has 0 fully saturated rings. The Bertz CT molecular complexity index is 949. The van der Waals surface area contributed by atoms with E-state index in [-0.39, 0.29) is 0 Å². The Labute approximate surface area is 117 Å². The zero-order chi connectivity index (χ0) is 12.4. The summed E-state index contributed by atoms with van der Waals surface area (Å²) in [6.45, 7) is 0.998. The van der Waals surface area contributed by atoms with Gasteiger partial charge in [-0.05, 0) is 29.5 Å². The van der Waals surface area contributed by atoms with Crippen LogP contribution in [-0.2, 0) is 6.54 Å². The third-order valence-corrected chi connectivity index (χ3v) is 6.19. The Morgan fingerprint density at radius 3 is 3.00 bits per heavy atom. The van der Waals surface area contributed by atoms with E-state index in [0.29, 0.717) is 0 Å². The van der Waals surface area contributed by atoms with Gasteiger partial charge >= 0.3 is 0 Å². The van der Waals surface area contributed by atoms with Crippen LogP contribution in [0.5, 0.6) is 0 Å². The fourth-order valence-corrected chi connectivity index (χ4v) is 5.46. The van der Waals surface area contributed by atoms with Gasteiger partial charge in [0.25, 0.3) is 9.84 Å². The van der Waals surface area contributed by atoms with E-state index in [0.717, 1.165) is 11.4 Å². The van der Waals surface area contributed by atoms with Crippen LogP contribution in [0.2, 0.25) is 0 Å². The second kappa shape index (κ2) is 3.40. The number of nitrogens with zero attached hydrogens (tertiary/aromatic N) is 2. The first-order valence-electron chi connectivity index (χ1n) is 6.20. The van der Waals surface area contributed by atoms with Crippen molar-refractivity contribution < 1.29 is 4.57 Å². The summed E-state index contributed by atoms with van der Waals surface area (Å²) in [6, 6.07) is 12.9. The van der Waals surface area contributed by atoms with Crippen LogP contribution < -0.4 is 4.57 Å². The van der Waals surface area contributed by atoms with Crippen molar-refractivity contribution in [3.8, 4) is 10.6 Å². The Hall–Kier alpha value is -1.78. The SMILES string of the molecule is c1ccc2c(c1)C[n+]1c-2sc2c3cccnc3sc21. The third kappa shape index (κ3) is 1.20. The number of hydrogen-bond donors (Lipinski definition) is 0. The van der Waals surface area contributed by atoms with Gasteiger partial charge in [-0.1, -0.05) is 29.5 Å². The molecule has 2 nitrogen and oxygen atoms in total. The standard InChI is InChI=1S/C15H9N2S2/c1-2-5-10-9(4-1)8-17-14(10)18-12-11-6-3-7-16-13(11)19-15(12)17/h1-7H,8H2/q+1. The van der Waals surface area contributed by atoms with Crippen molar-refractivity contribution >= 4 is 42.4 Å². The summed E-state index contributed by atoms with van der Waals surface area (Å²) < 4.78 is 3.83. The number of fused-ring (bicyclic) bond motifs is 7. The molecule has 0 unspecified atom stereocenters. The molecule has 1 aliphatic heterocycles. The molecule has 0 saturated carbocycles. The molecule has 4 heterocycles. The molecule has 0 bridgehead atoms. The van der Waals surface area contributed by atoms with Crippen LogP contribution in [0.1, 0.15) is 5.56 Å². The number of thiophene rings is 1. The maximum atomic E-state index is 4.48. The molecule has 5 rings (SSSR count). The molecule has 1 aromatic carbocycles. The zero-order valence-corrected chi connectivity index (χ0v) is 11.6. The van der Waals surface area contributed by atoms with E-state index in [1.807, 2.05) is 23.6 Å². The average molecular weight is 281 g/mol. The second-order valence-electron chi connectivity index (χ2n) is 4.74. The molecule has 4 heteroatoms. The van der Waals surface area contributed by atoms with Gasteiger partial charge < -0.3 is 0 Å². The largest absolute Gasteiger partial charge is 0.283 e. The van der Waals surface area contributed by atoms with E-state index in [4.69, 9.17) is 0 Å². The molecule has 19 heavy (non-hydrogen) atoms. The van der Waals surface area contributed by atoms with Crippen molar-refractivity contribution in [2.75, 3.05) is 0 Å². The summed E-state index contributed by atoms with van der Waals surface area (Å²) in [5.74, 6) is 0. The molecule has 0 amide bonds. The molecule has 0 atom stereocenters. The highest BCUT2D eigenvalue weighted by atomic mass is 32.1. The molecule has 90 valence electrons. The topological polar surface area (TPSA) is 16.8 Å². The van der Waals surface area contributed by atoms with Gasteiger partial charge in [-0.2, -0.15) is 4.57 Å². The molecule has 1 aliphatic rings. The van der Waals surface area contributed by atoms with Gasteiger partial charge in [0.15, 0.2) is 6.54 Å². The minimum absolute atomic E-state index is 0.998. The molecule has 0 N–H and O–H groups in total. The van der Waals surface area contributed by atoms with Gasteiger partial charge in [-0.3, -0.25) is 0 Å². The van der Waals surface area contributed by atoms with Crippen molar-refractivity contribution in [3.05, 3.63) is 48.2 Å². The maximum Gasteiger partial charge on any atom is 0.283 e. The van der Waals surface area contributed by atoms with Crippen LogP contribution in [0.25, 0.3) is 30.3 Å². The van der Waals surface area contributed by atoms with Gasteiger partial charge in [-0.25, -0.2) is 4.98 Å². The lowest BCUT2D eigenvalue weighted by atomic mass is 10.1. The van der Waals surface area contributed by atoms with E-state index in [9.17, 15) is 0 Å².